The number of carbonyl (C=O) groups excluding carboxylic acids is 1. The van der Waals surface area contributed by atoms with E-state index >= 15 is 0 Å². The average Bonchev–Trinajstić information content (AvgIpc) is 3.15. The van der Waals surface area contributed by atoms with Gasteiger partial charge in [-0.1, -0.05) is 17.7 Å². The normalized spacial score (nSPS) is 17.3. The number of halogens is 1. The van der Waals surface area contributed by atoms with Gasteiger partial charge in [0.2, 0.25) is 11.9 Å². The molecule has 1 saturated carbocycles. The Bertz CT molecular complexity index is 1100. The van der Waals surface area contributed by atoms with Gasteiger partial charge >= 0.3 is 0 Å². The molecule has 5 N–H and O–H groups in total. The minimum absolute atomic E-state index is 0.0990. The maximum Gasteiger partial charge on any atom is 0.240 e. The minimum atomic E-state index is -0.671. The minimum Gasteiger partial charge on any atom is -0.371 e. The Morgan fingerprint density at radius 3 is 2.77 bits per heavy atom. The van der Waals surface area contributed by atoms with Crippen LogP contribution in [-0.4, -0.2) is 34.5 Å². The van der Waals surface area contributed by atoms with Crippen LogP contribution in [0.2, 0.25) is 5.02 Å². The lowest BCUT2D eigenvalue weighted by molar-refractivity contribution is -0.123. The van der Waals surface area contributed by atoms with Gasteiger partial charge in [0.25, 0.3) is 0 Å². The summed E-state index contributed by atoms with van der Waals surface area (Å²) in [4.78, 5) is 22.4. The lowest BCUT2D eigenvalue weighted by atomic mass is 10.2. The smallest absolute Gasteiger partial charge is 0.240 e. The summed E-state index contributed by atoms with van der Waals surface area (Å²) in [5.41, 5.74) is 10.0. The first-order chi connectivity index (χ1) is 14.5. The molecule has 0 radical (unpaired) electrons. The lowest BCUT2D eigenvalue weighted by Gasteiger charge is -2.16. The molecule has 5 rings (SSSR count). The Morgan fingerprint density at radius 2 is 2.00 bits per heavy atom. The number of carbonyl (C=O) groups is 1. The summed E-state index contributed by atoms with van der Waals surface area (Å²) < 4.78 is 0. The third-order valence-electron chi connectivity index (χ3n) is 5.92. The van der Waals surface area contributed by atoms with Crippen molar-refractivity contribution in [3.63, 3.8) is 0 Å². The maximum atomic E-state index is 12.1. The highest BCUT2D eigenvalue weighted by Gasteiger charge is 2.45. The average molecular weight is 425 g/mol. The van der Waals surface area contributed by atoms with Crippen LogP contribution in [0.15, 0.2) is 36.4 Å². The third-order valence-corrected chi connectivity index (χ3v) is 6.25. The standard InChI is InChI=1S/C22H25ClN6O/c23-16-5-3-14(13-25-20(30)22(24)7-8-22)11-18(16)27-21-26-17-6-4-15(12-19(17)28-21)29-9-1-2-10-29/h3-6,11-12H,1-2,7-10,13,24H2,(H,25,30)(H2,26,27,28). The molecule has 2 aliphatic rings. The van der Waals surface area contributed by atoms with E-state index in [1.54, 1.807) is 0 Å². The molecule has 2 heterocycles. The molecule has 30 heavy (non-hydrogen) atoms. The quantitative estimate of drug-likeness (QED) is 0.484. The van der Waals surface area contributed by atoms with Gasteiger partial charge in [-0.2, -0.15) is 0 Å². The van der Waals surface area contributed by atoms with Crippen molar-refractivity contribution in [3.8, 4) is 0 Å². The van der Waals surface area contributed by atoms with Gasteiger partial charge in [-0.25, -0.2) is 4.98 Å². The number of anilines is 3. The molecule has 1 aromatic heterocycles. The summed E-state index contributed by atoms with van der Waals surface area (Å²) in [6.07, 6.45) is 3.98. The first kappa shape index (κ1) is 19.2. The molecule has 1 aliphatic carbocycles. The van der Waals surface area contributed by atoms with Crippen LogP contribution < -0.4 is 21.3 Å². The highest BCUT2D eigenvalue weighted by atomic mass is 35.5. The zero-order valence-corrected chi connectivity index (χ0v) is 17.4. The van der Waals surface area contributed by atoms with Gasteiger partial charge in [0, 0.05) is 25.3 Å². The van der Waals surface area contributed by atoms with Gasteiger partial charge < -0.3 is 26.3 Å². The van der Waals surface area contributed by atoms with E-state index in [4.69, 9.17) is 17.3 Å². The number of rotatable bonds is 6. The highest BCUT2D eigenvalue weighted by molar-refractivity contribution is 6.33. The fourth-order valence-electron chi connectivity index (χ4n) is 3.85. The number of aromatic nitrogens is 2. The van der Waals surface area contributed by atoms with E-state index in [0.29, 0.717) is 17.5 Å². The van der Waals surface area contributed by atoms with Gasteiger partial charge in [0.1, 0.15) is 0 Å². The number of nitrogens with two attached hydrogens (primary N) is 1. The Hall–Kier alpha value is -2.77. The number of nitrogens with one attached hydrogen (secondary N) is 3. The Labute approximate surface area is 180 Å². The molecule has 0 atom stereocenters. The number of aromatic amines is 1. The second kappa shape index (κ2) is 7.49. The van der Waals surface area contributed by atoms with Gasteiger partial charge in [-0.3, -0.25) is 4.79 Å². The summed E-state index contributed by atoms with van der Waals surface area (Å²) in [6.45, 7) is 2.61. The molecule has 8 heteroatoms. The number of nitrogens with zero attached hydrogens (tertiary/aromatic N) is 2. The Kier molecular flexibility index (Phi) is 4.79. The first-order valence-corrected chi connectivity index (χ1v) is 10.8. The molecule has 0 unspecified atom stereocenters. The summed E-state index contributed by atoms with van der Waals surface area (Å²) >= 11 is 6.38. The summed E-state index contributed by atoms with van der Waals surface area (Å²) in [6, 6.07) is 11.9. The summed E-state index contributed by atoms with van der Waals surface area (Å²) in [7, 11) is 0. The zero-order chi connectivity index (χ0) is 20.7. The number of fused-ring (bicyclic) bond motifs is 1. The number of amides is 1. The van der Waals surface area contributed by atoms with Crippen molar-refractivity contribution in [2.45, 2.75) is 37.8 Å². The number of imidazole rings is 1. The topological polar surface area (TPSA) is 99.1 Å². The second-order valence-electron chi connectivity index (χ2n) is 8.26. The Morgan fingerprint density at radius 1 is 1.20 bits per heavy atom. The van der Waals surface area contributed by atoms with Gasteiger partial charge in [0.15, 0.2) is 0 Å². The van der Waals surface area contributed by atoms with Crippen LogP contribution in [0, 0.1) is 0 Å². The molecular weight excluding hydrogens is 400 g/mol. The third kappa shape index (κ3) is 3.82. The van der Waals surface area contributed by atoms with Crippen molar-refractivity contribution in [1.82, 2.24) is 15.3 Å². The SMILES string of the molecule is NC1(C(=O)NCc2ccc(Cl)c(Nc3nc4cc(N5CCCC5)ccc4[nH]3)c2)CC1. The van der Waals surface area contributed by atoms with Crippen molar-refractivity contribution >= 4 is 45.9 Å². The maximum absolute atomic E-state index is 12.1. The fraction of sp³-hybridized carbons (Fsp3) is 0.364. The zero-order valence-electron chi connectivity index (χ0n) is 16.7. The lowest BCUT2D eigenvalue weighted by Crippen LogP contribution is -2.42. The van der Waals surface area contributed by atoms with Crippen molar-refractivity contribution in [1.29, 1.82) is 0 Å². The number of benzene rings is 2. The predicted molar refractivity (Wildman–Crippen MR) is 120 cm³/mol. The van der Waals surface area contributed by atoms with E-state index < -0.39 is 5.54 Å². The van der Waals surface area contributed by atoms with E-state index in [1.165, 1.54) is 18.5 Å². The van der Waals surface area contributed by atoms with Gasteiger partial charge in [-0.05, 0) is 61.6 Å². The molecule has 3 aromatic rings. The molecule has 0 spiro atoms. The number of H-pyrrole nitrogens is 1. The van der Waals surface area contributed by atoms with Crippen LogP contribution in [-0.2, 0) is 11.3 Å². The molecule has 156 valence electrons. The van der Waals surface area contributed by atoms with Crippen LogP contribution in [0.5, 0.6) is 0 Å². The molecule has 1 saturated heterocycles. The van der Waals surface area contributed by atoms with Gasteiger partial charge in [0.05, 0.1) is 27.3 Å². The molecular formula is C22H25ClN6O. The molecule has 7 nitrogen and oxygen atoms in total. The van der Waals surface area contributed by atoms with Crippen LogP contribution in [0.25, 0.3) is 11.0 Å². The predicted octanol–water partition coefficient (Wildman–Crippen LogP) is 3.67. The van der Waals surface area contributed by atoms with Crippen molar-refractivity contribution in [2.24, 2.45) is 5.73 Å². The van der Waals surface area contributed by atoms with Gasteiger partial charge in [-0.15, -0.1) is 0 Å². The van der Waals surface area contributed by atoms with Crippen molar-refractivity contribution in [2.75, 3.05) is 23.3 Å². The fourth-order valence-corrected chi connectivity index (χ4v) is 4.02. The molecule has 2 fully saturated rings. The molecule has 1 aliphatic heterocycles. The Balaban J connectivity index is 1.31. The van der Waals surface area contributed by atoms with E-state index in [9.17, 15) is 4.79 Å². The second-order valence-corrected chi connectivity index (χ2v) is 8.67. The van der Waals surface area contributed by atoms with E-state index in [2.05, 4.69) is 43.7 Å². The van der Waals surface area contributed by atoms with Crippen LogP contribution >= 0.6 is 11.6 Å². The van der Waals surface area contributed by atoms with Crippen LogP contribution in [0.3, 0.4) is 0 Å². The van der Waals surface area contributed by atoms with Crippen molar-refractivity contribution in [3.05, 3.63) is 47.0 Å². The number of hydrogen-bond donors (Lipinski definition) is 4. The largest absolute Gasteiger partial charge is 0.371 e. The molecule has 0 bridgehead atoms. The monoisotopic (exact) mass is 424 g/mol. The van der Waals surface area contributed by atoms with E-state index in [-0.39, 0.29) is 5.91 Å². The highest BCUT2D eigenvalue weighted by Crippen LogP contribution is 2.32. The summed E-state index contributed by atoms with van der Waals surface area (Å²) in [5, 5.41) is 6.76. The molecule has 1 amide bonds. The van der Waals surface area contributed by atoms with E-state index in [1.807, 2.05) is 18.2 Å². The van der Waals surface area contributed by atoms with Crippen molar-refractivity contribution < 1.29 is 4.79 Å². The van der Waals surface area contributed by atoms with Crippen LogP contribution in [0.1, 0.15) is 31.2 Å². The summed E-state index contributed by atoms with van der Waals surface area (Å²) in [5.74, 6) is 0.531. The number of hydrogen-bond acceptors (Lipinski definition) is 5. The molecule has 2 aromatic carbocycles. The first-order valence-electron chi connectivity index (χ1n) is 10.4. The van der Waals surface area contributed by atoms with E-state index in [0.717, 1.165) is 48.2 Å². The van der Waals surface area contributed by atoms with Crippen LogP contribution in [0.4, 0.5) is 17.3 Å².